The SMILES string of the molecule is NCCSc1ccc(-c2cccc(F)c2)cc1. The first kappa shape index (κ1) is 12.1. The molecule has 0 aliphatic heterocycles. The van der Waals surface area contributed by atoms with Gasteiger partial charge in [-0.3, -0.25) is 0 Å². The monoisotopic (exact) mass is 247 g/mol. The number of rotatable bonds is 4. The van der Waals surface area contributed by atoms with Gasteiger partial charge in [-0.2, -0.15) is 0 Å². The van der Waals surface area contributed by atoms with E-state index in [4.69, 9.17) is 5.73 Å². The van der Waals surface area contributed by atoms with E-state index in [9.17, 15) is 4.39 Å². The molecular formula is C14H14FNS. The topological polar surface area (TPSA) is 26.0 Å². The van der Waals surface area contributed by atoms with Crippen molar-refractivity contribution >= 4 is 11.8 Å². The Kier molecular flexibility index (Phi) is 4.18. The highest BCUT2D eigenvalue weighted by Crippen LogP contribution is 2.24. The lowest BCUT2D eigenvalue weighted by Crippen LogP contribution is -2.00. The van der Waals surface area contributed by atoms with E-state index >= 15 is 0 Å². The highest BCUT2D eigenvalue weighted by Gasteiger charge is 1.99. The van der Waals surface area contributed by atoms with Gasteiger partial charge in [0, 0.05) is 17.2 Å². The molecule has 0 amide bonds. The van der Waals surface area contributed by atoms with Crippen LogP contribution in [0.1, 0.15) is 0 Å². The molecular weight excluding hydrogens is 233 g/mol. The lowest BCUT2D eigenvalue weighted by molar-refractivity contribution is 0.628. The summed E-state index contributed by atoms with van der Waals surface area (Å²) in [7, 11) is 0. The van der Waals surface area contributed by atoms with Crippen molar-refractivity contribution in [3.05, 3.63) is 54.3 Å². The van der Waals surface area contributed by atoms with Gasteiger partial charge in [0.25, 0.3) is 0 Å². The van der Waals surface area contributed by atoms with Gasteiger partial charge in [0.1, 0.15) is 5.82 Å². The maximum absolute atomic E-state index is 13.1. The summed E-state index contributed by atoms with van der Waals surface area (Å²) in [4.78, 5) is 1.19. The van der Waals surface area contributed by atoms with Crippen molar-refractivity contribution in [2.45, 2.75) is 4.90 Å². The minimum Gasteiger partial charge on any atom is -0.330 e. The second kappa shape index (κ2) is 5.84. The van der Waals surface area contributed by atoms with Crippen LogP contribution >= 0.6 is 11.8 Å². The molecule has 0 bridgehead atoms. The van der Waals surface area contributed by atoms with Crippen LogP contribution in [0.15, 0.2) is 53.4 Å². The predicted molar refractivity (Wildman–Crippen MR) is 71.6 cm³/mol. The summed E-state index contributed by atoms with van der Waals surface area (Å²) in [5.41, 5.74) is 7.38. The molecule has 2 aromatic carbocycles. The molecule has 0 aliphatic rings. The first-order chi connectivity index (χ1) is 8.29. The van der Waals surface area contributed by atoms with Gasteiger partial charge in [-0.1, -0.05) is 24.3 Å². The Balaban J connectivity index is 2.17. The van der Waals surface area contributed by atoms with Gasteiger partial charge in [-0.25, -0.2) is 4.39 Å². The Hall–Kier alpha value is -1.32. The van der Waals surface area contributed by atoms with Gasteiger partial charge in [0.2, 0.25) is 0 Å². The van der Waals surface area contributed by atoms with Gasteiger partial charge in [-0.15, -0.1) is 11.8 Å². The van der Waals surface area contributed by atoms with Crippen LogP contribution in [-0.4, -0.2) is 12.3 Å². The maximum Gasteiger partial charge on any atom is 0.123 e. The van der Waals surface area contributed by atoms with Crippen LogP contribution in [-0.2, 0) is 0 Å². The average Bonchev–Trinajstić information content (AvgIpc) is 2.37. The van der Waals surface area contributed by atoms with Crippen LogP contribution in [0.2, 0.25) is 0 Å². The third-order valence-electron chi connectivity index (χ3n) is 2.40. The molecule has 0 aliphatic carbocycles. The molecule has 0 aromatic heterocycles. The fraction of sp³-hybridized carbons (Fsp3) is 0.143. The normalized spacial score (nSPS) is 10.5. The van der Waals surface area contributed by atoms with Crippen LogP contribution in [0, 0.1) is 5.82 Å². The number of hydrogen-bond acceptors (Lipinski definition) is 2. The zero-order valence-corrected chi connectivity index (χ0v) is 10.2. The molecule has 2 rings (SSSR count). The molecule has 88 valence electrons. The molecule has 0 atom stereocenters. The van der Waals surface area contributed by atoms with Crippen LogP contribution < -0.4 is 5.73 Å². The third-order valence-corrected chi connectivity index (χ3v) is 3.44. The smallest absolute Gasteiger partial charge is 0.123 e. The van der Waals surface area contributed by atoms with Gasteiger partial charge < -0.3 is 5.73 Å². The van der Waals surface area contributed by atoms with Gasteiger partial charge in [0.05, 0.1) is 0 Å². The molecule has 0 fully saturated rings. The molecule has 0 saturated heterocycles. The minimum atomic E-state index is -0.205. The van der Waals surface area contributed by atoms with Crippen LogP contribution in [0.5, 0.6) is 0 Å². The Morgan fingerprint density at radius 1 is 1.00 bits per heavy atom. The molecule has 2 aromatic rings. The maximum atomic E-state index is 13.1. The number of benzene rings is 2. The Bertz CT molecular complexity index is 482. The van der Waals surface area contributed by atoms with Crippen molar-refractivity contribution in [3.8, 4) is 11.1 Å². The molecule has 0 radical (unpaired) electrons. The second-order valence-electron chi connectivity index (χ2n) is 3.67. The van der Waals surface area contributed by atoms with E-state index in [1.807, 2.05) is 30.3 Å². The Morgan fingerprint density at radius 2 is 1.76 bits per heavy atom. The molecule has 3 heteroatoms. The molecule has 2 N–H and O–H groups in total. The Morgan fingerprint density at radius 3 is 2.41 bits per heavy atom. The number of halogens is 1. The zero-order valence-electron chi connectivity index (χ0n) is 9.40. The molecule has 0 heterocycles. The summed E-state index contributed by atoms with van der Waals surface area (Å²) in [5.74, 6) is 0.711. The fourth-order valence-electron chi connectivity index (χ4n) is 1.59. The standard InChI is InChI=1S/C14H14FNS/c15-13-3-1-2-12(10-13)11-4-6-14(7-5-11)17-9-8-16/h1-7,10H,8-9,16H2. The molecule has 0 unspecified atom stereocenters. The quantitative estimate of drug-likeness (QED) is 0.836. The summed E-state index contributed by atoms with van der Waals surface area (Å²) < 4.78 is 13.1. The van der Waals surface area contributed by atoms with Crippen LogP contribution in [0.25, 0.3) is 11.1 Å². The van der Waals surface area contributed by atoms with Gasteiger partial charge in [-0.05, 0) is 35.4 Å². The van der Waals surface area contributed by atoms with Crippen molar-refractivity contribution in [2.24, 2.45) is 5.73 Å². The van der Waals surface area contributed by atoms with Crippen LogP contribution in [0.3, 0.4) is 0 Å². The Labute approximate surface area is 105 Å². The highest BCUT2D eigenvalue weighted by atomic mass is 32.2. The van der Waals surface area contributed by atoms with Gasteiger partial charge in [0.15, 0.2) is 0 Å². The van der Waals surface area contributed by atoms with Gasteiger partial charge >= 0.3 is 0 Å². The van der Waals surface area contributed by atoms with E-state index in [0.717, 1.165) is 16.9 Å². The van der Waals surface area contributed by atoms with Crippen molar-refractivity contribution in [1.82, 2.24) is 0 Å². The van der Waals surface area contributed by atoms with Crippen molar-refractivity contribution in [3.63, 3.8) is 0 Å². The first-order valence-electron chi connectivity index (χ1n) is 5.48. The molecule has 0 saturated carbocycles. The number of nitrogens with two attached hydrogens (primary N) is 1. The average molecular weight is 247 g/mol. The van der Waals surface area contributed by atoms with E-state index in [0.29, 0.717) is 6.54 Å². The van der Waals surface area contributed by atoms with E-state index in [1.165, 1.54) is 11.0 Å². The zero-order chi connectivity index (χ0) is 12.1. The van der Waals surface area contributed by atoms with E-state index < -0.39 is 0 Å². The highest BCUT2D eigenvalue weighted by molar-refractivity contribution is 7.99. The van der Waals surface area contributed by atoms with Crippen molar-refractivity contribution in [2.75, 3.05) is 12.3 Å². The lowest BCUT2D eigenvalue weighted by atomic mass is 10.1. The molecule has 17 heavy (non-hydrogen) atoms. The fourth-order valence-corrected chi connectivity index (χ4v) is 2.27. The van der Waals surface area contributed by atoms with Crippen molar-refractivity contribution in [1.29, 1.82) is 0 Å². The first-order valence-corrected chi connectivity index (χ1v) is 6.47. The molecule has 0 spiro atoms. The number of hydrogen-bond donors (Lipinski definition) is 1. The van der Waals surface area contributed by atoms with Crippen LogP contribution in [0.4, 0.5) is 4.39 Å². The lowest BCUT2D eigenvalue weighted by Gasteiger charge is -2.04. The molecule has 1 nitrogen and oxygen atoms in total. The summed E-state index contributed by atoms with van der Waals surface area (Å²) in [5, 5.41) is 0. The summed E-state index contributed by atoms with van der Waals surface area (Å²) in [6.07, 6.45) is 0. The van der Waals surface area contributed by atoms with E-state index in [-0.39, 0.29) is 5.82 Å². The van der Waals surface area contributed by atoms with Crippen molar-refractivity contribution < 1.29 is 4.39 Å². The third kappa shape index (κ3) is 3.32. The summed E-state index contributed by atoms with van der Waals surface area (Å²) >= 11 is 1.73. The number of thioether (sulfide) groups is 1. The van der Waals surface area contributed by atoms with E-state index in [1.54, 1.807) is 23.9 Å². The minimum absolute atomic E-state index is 0.205. The largest absolute Gasteiger partial charge is 0.330 e. The van der Waals surface area contributed by atoms with E-state index in [2.05, 4.69) is 0 Å². The second-order valence-corrected chi connectivity index (χ2v) is 4.84. The summed E-state index contributed by atoms with van der Waals surface area (Å²) in [6.45, 7) is 0.677. The summed E-state index contributed by atoms with van der Waals surface area (Å²) in [6, 6.07) is 14.7. The predicted octanol–water partition coefficient (Wildman–Crippen LogP) is 3.54.